The second-order valence-electron chi connectivity index (χ2n) is 5.88. The lowest BCUT2D eigenvalue weighted by molar-refractivity contribution is 0.0240. The van der Waals surface area contributed by atoms with E-state index in [4.69, 9.17) is 0 Å². The predicted molar refractivity (Wildman–Crippen MR) is 79.6 cm³/mol. The van der Waals surface area contributed by atoms with Crippen LogP contribution in [-0.2, 0) is 25.8 Å². The SMILES string of the molecule is CCCn1ccnc1CC1(O)CCc2ccccc2C1. The number of benzene rings is 1. The topological polar surface area (TPSA) is 38.0 Å². The van der Waals surface area contributed by atoms with Crippen LogP contribution in [0.15, 0.2) is 36.7 Å². The summed E-state index contributed by atoms with van der Waals surface area (Å²) in [5, 5.41) is 10.9. The van der Waals surface area contributed by atoms with E-state index in [0.29, 0.717) is 6.42 Å². The molecule has 0 saturated carbocycles. The third-order valence-electron chi connectivity index (χ3n) is 4.25. The van der Waals surface area contributed by atoms with E-state index in [1.165, 1.54) is 11.1 Å². The van der Waals surface area contributed by atoms with Crippen LogP contribution in [0.3, 0.4) is 0 Å². The molecule has 0 aliphatic heterocycles. The van der Waals surface area contributed by atoms with Gasteiger partial charge in [0.1, 0.15) is 5.82 Å². The molecule has 0 fully saturated rings. The minimum atomic E-state index is -0.648. The molecule has 0 spiro atoms. The van der Waals surface area contributed by atoms with Crippen molar-refractivity contribution in [2.75, 3.05) is 0 Å². The summed E-state index contributed by atoms with van der Waals surface area (Å²) in [6.45, 7) is 3.14. The smallest absolute Gasteiger partial charge is 0.111 e. The van der Waals surface area contributed by atoms with E-state index in [-0.39, 0.29) is 0 Å². The molecule has 1 aromatic carbocycles. The summed E-state index contributed by atoms with van der Waals surface area (Å²) in [5.74, 6) is 1.01. The minimum Gasteiger partial charge on any atom is -0.389 e. The molecule has 1 atom stereocenters. The molecule has 2 aromatic rings. The molecule has 3 nitrogen and oxygen atoms in total. The highest BCUT2D eigenvalue weighted by Crippen LogP contribution is 2.31. The predicted octanol–water partition coefficient (Wildman–Crippen LogP) is 2.76. The van der Waals surface area contributed by atoms with E-state index >= 15 is 0 Å². The maximum atomic E-state index is 10.9. The molecule has 1 aliphatic carbocycles. The lowest BCUT2D eigenvalue weighted by atomic mass is 9.78. The van der Waals surface area contributed by atoms with Crippen molar-refractivity contribution in [3.8, 4) is 0 Å². The number of hydrogen-bond donors (Lipinski definition) is 1. The molecule has 3 heteroatoms. The average molecular weight is 270 g/mol. The van der Waals surface area contributed by atoms with Crippen LogP contribution in [0.1, 0.15) is 36.7 Å². The molecule has 1 aromatic heterocycles. The zero-order valence-corrected chi connectivity index (χ0v) is 12.0. The number of fused-ring (bicyclic) bond motifs is 1. The van der Waals surface area contributed by atoms with Gasteiger partial charge in [0.15, 0.2) is 0 Å². The molecule has 1 heterocycles. The number of aromatic nitrogens is 2. The summed E-state index contributed by atoms with van der Waals surface area (Å²) in [4.78, 5) is 4.43. The van der Waals surface area contributed by atoms with Gasteiger partial charge in [-0.05, 0) is 30.4 Å². The number of aryl methyl sites for hydroxylation is 2. The summed E-state index contributed by atoms with van der Waals surface area (Å²) in [7, 11) is 0. The summed E-state index contributed by atoms with van der Waals surface area (Å²) in [6.07, 6.45) is 8.11. The highest BCUT2D eigenvalue weighted by Gasteiger charge is 2.33. The molecular weight excluding hydrogens is 248 g/mol. The second-order valence-corrected chi connectivity index (χ2v) is 5.88. The lowest BCUT2D eigenvalue weighted by Gasteiger charge is -2.33. The molecular formula is C17H22N2O. The van der Waals surface area contributed by atoms with Crippen LogP contribution in [0.5, 0.6) is 0 Å². The Hall–Kier alpha value is -1.61. The van der Waals surface area contributed by atoms with Crippen LogP contribution < -0.4 is 0 Å². The van der Waals surface area contributed by atoms with Gasteiger partial charge >= 0.3 is 0 Å². The standard InChI is InChI=1S/C17H22N2O/c1-2-10-19-11-9-18-16(19)13-17(20)8-7-14-5-3-4-6-15(14)12-17/h3-6,9,11,20H,2,7-8,10,12-13H2,1H3. The second kappa shape index (κ2) is 5.41. The Kier molecular flexibility index (Phi) is 3.62. The minimum absolute atomic E-state index is 0.647. The molecule has 1 N–H and O–H groups in total. The van der Waals surface area contributed by atoms with Crippen LogP contribution in [0, 0.1) is 0 Å². The van der Waals surface area contributed by atoms with Crippen molar-refractivity contribution in [2.45, 2.75) is 51.2 Å². The van der Waals surface area contributed by atoms with Gasteiger partial charge in [-0.2, -0.15) is 0 Å². The van der Waals surface area contributed by atoms with Gasteiger partial charge in [0.2, 0.25) is 0 Å². The van der Waals surface area contributed by atoms with Gasteiger partial charge in [-0.3, -0.25) is 0 Å². The van der Waals surface area contributed by atoms with Crippen molar-refractivity contribution < 1.29 is 5.11 Å². The van der Waals surface area contributed by atoms with Gasteiger partial charge < -0.3 is 9.67 Å². The molecule has 3 rings (SSSR count). The zero-order chi connectivity index (χ0) is 14.0. The van der Waals surface area contributed by atoms with Crippen molar-refractivity contribution in [3.05, 3.63) is 53.6 Å². The average Bonchev–Trinajstić information content (AvgIpc) is 2.86. The fourth-order valence-electron chi connectivity index (χ4n) is 3.18. The first-order valence-corrected chi connectivity index (χ1v) is 7.49. The molecule has 1 unspecified atom stereocenters. The van der Waals surface area contributed by atoms with Gasteiger partial charge in [-0.25, -0.2) is 4.98 Å². The summed E-state index contributed by atoms with van der Waals surface area (Å²) in [5.41, 5.74) is 2.02. The Labute approximate surface area is 120 Å². The van der Waals surface area contributed by atoms with Gasteiger partial charge in [0.25, 0.3) is 0 Å². The number of nitrogens with zero attached hydrogens (tertiary/aromatic N) is 2. The highest BCUT2D eigenvalue weighted by molar-refractivity contribution is 5.31. The van der Waals surface area contributed by atoms with E-state index < -0.39 is 5.60 Å². The van der Waals surface area contributed by atoms with E-state index in [1.54, 1.807) is 0 Å². The largest absolute Gasteiger partial charge is 0.389 e. The first kappa shape index (κ1) is 13.4. The van der Waals surface area contributed by atoms with Crippen molar-refractivity contribution in [3.63, 3.8) is 0 Å². The van der Waals surface area contributed by atoms with Gasteiger partial charge in [0.05, 0.1) is 5.60 Å². The Morgan fingerprint density at radius 3 is 2.90 bits per heavy atom. The molecule has 106 valence electrons. The monoisotopic (exact) mass is 270 g/mol. The fourth-order valence-corrected chi connectivity index (χ4v) is 3.18. The van der Waals surface area contributed by atoms with Crippen molar-refractivity contribution in [1.82, 2.24) is 9.55 Å². The normalized spacial score (nSPS) is 21.7. The molecule has 0 bridgehead atoms. The molecule has 0 saturated heterocycles. The van der Waals surface area contributed by atoms with E-state index in [1.807, 2.05) is 12.4 Å². The highest BCUT2D eigenvalue weighted by atomic mass is 16.3. The molecule has 1 aliphatic rings. The van der Waals surface area contributed by atoms with Crippen LogP contribution in [-0.4, -0.2) is 20.3 Å². The number of rotatable bonds is 4. The first-order chi connectivity index (χ1) is 9.70. The summed E-state index contributed by atoms with van der Waals surface area (Å²) >= 11 is 0. The Balaban J connectivity index is 1.79. The van der Waals surface area contributed by atoms with E-state index in [0.717, 1.165) is 38.1 Å². The number of imidazole rings is 1. The van der Waals surface area contributed by atoms with Crippen molar-refractivity contribution in [1.29, 1.82) is 0 Å². The Morgan fingerprint density at radius 1 is 1.30 bits per heavy atom. The Morgan fingerprint density at radius 2 is 2.10 bits per heavy atom. The summed E-state index contributed by atoms with van der Waals surface area (Å²) in [6, 6.07) is 8.45. The maximum absolute atomic E-state index is 10.9. The number of hydrogen-bond acceptors (Lipinski definition) is 2. The van der Waals surface area contributed by atoms with Crippen molar-refractivity contribution >= 4 is 0 Å². The number of aliphatic hydroxyl groups is 1. The maximum Gasteiger partial charge on any atom is 0.111 e. The first-order valence-electron chi connectivity index (χ1n) is 7.49. The molecule has 20 heavy (non-hydrogen) atoms. The van der Waals surface area contributed by atoms with Crippen LogP contribution in [0.4, 0.5) is 0 Å². The van der Waals surface area contributed by atoms with E-state index in [9.17, 15) is 5.11 Å². The Bertz CT molecular complexity index is 590. The van der Waals surface area contributed by atoms with Gasteiger partial charge in [0, 0.05) is 31.8 Å². The molecule has 0 amide bonds. The van der Waals surface area contributed by atoms with Crippen LogP contribution in [0.2, 0.25) is 0 Å². The third-order valence-corrected chi connectivity index (χ3v) is 4.25. The van der Waals surface area contributed by atoms with Gasteiger partial charge in [-0.15, -0.1) is 0 Å². The fraction of sp³-hybridized carbons (Fsp3) is 0.471. The van der Waals surface area contributed by atoms with Crippen LogP contribution >= 0.6 is 0 Å². The lowest BCUT2D eigenvalue weighted by Crippen LogP contribution is -2.38. The van der Waals surface area contributed by atoms with Crippen molar-refractivity contribution in [2.24, 2.45) is 0 Å². The van der Waals surface area contributed by atoms with Gasteiger partial charge in [-0.1, -0.05) is 31.2 Å². The zero-order valence-electron chi connectivity index (χ0n) is 12.0. The molecule has 0 radical (unpaired) electrons. The summed E-state index contributed by atoms with van der Waals surface area (Å²) < 4.78 is 2.17. The van der Waals surface area contributed by atoms with Crippen LogP contribution in [0.25, 0.3) is 0 Å². The third kappa shape index (κ3) is 2.63. The quantitative estimate of drug-likeness (QED) is 0.927. The van der Waals surface area contributed by atoms with E-state index in [2.05, 4.69) is 40.7 Å².